The second-order valence-corrected chi connectivity index (χ2v) is 33.8. The standard InChI is InChI=1S/C75H112O36/c1-32-51(105-44(82)14-11-34-21-39(96-8)54(98-10)40(22-34)97-9)48(86)56(109-62-50(88)55(108-65-58(90)75(95,29-79)31-101-65)52(33(2)102-62)106-60-49(87)53(38(81)26-99-60)107-64-57(89)74(94,28-78)30-100-64)63(103-32)111-67(93)72-18-17-68(3,4)23-36(72)35-12-13-42-69(5)24-37(80)59(110-61-47(85)46(84)45(83)41(25-76)104-61)71(7,66(91)92)43(69)15-16-70(42,6)73(35,27-77)20-19-72/h11-12,14,21-22,32-33,36-38,41-43,45-53,55-65,76-81,83-90,94-95H,13,15-20,23-31H2,1-10H3,(H,91,92). The number of aliphatic hydroxyl groups excluding tert-OH is 14. The van der Waals surface area contributed by atoms with Crippen LogP contribution in [0.3, 0.4) is 0 Å². The number of esters is 2. The Hall–Kier alpha value is -4.57. The maximum Gasteiger partial charge on any atom is 0.331 e. The van der Waals surface area contributed by atoms with Gasteiger partial charge in [0, 0.05) is 11.5 Å². The number of carboxylic acid groups (broad SMARTS) is 1. The number of rotatable bonds is 23. The van der Waals surface area contributed by atoms with E-state index in [0.717, 1.165) is 11.6 Å². The summed E-state index contributed by atoms with van der Waals surface area (Å²) < 4.78 is 95.6. The third-order valence-corrected chi connectivity index (χ3v) is 27.0. The summed E-state index contributed by atoms with van der Waals surface area (Å²) >= 11 is 0. The monoisotopic (exact) mass is 1590 g/mol. The lowest BCUT2D eigenvalue weighted by Gasteiger charge is -2.71. The number of aliphatic carboxylic acids is 1. The summed E-state index contributed by atoms with van der Waals surface area (Å²) in [5, 5.41) is 191. The van der Waals surface area contributed by atoms with E-state index >= 15 is 4.79 Å². The van der Waals surface area contributed by atoms with Gasteiger partial charge in [0.2, 0.25) is 12.0 Å². The molecule has 36 heteroatoms. The molecule has 0 radical (unpaired) electrons. The molecule has 0 spiro atoms. The van der Waals surface area contributed by atoms with Crippen molar-refractivity contribution in [3.63, 3.8) is 0 Å². The summed E-state index contributed by atoms with van der Waals surface area (Å²) in [7, 11) is 4.22. The molecule has 111 heavy (non-hydrogen) atoms. The summed E-state index contributed by atoms with van der Waals surface area (Å²) in [5.41, 5.74) is -9.94. The quantitative estimate of drug-likeness (QED) is 0.0223. The minimum absolute atomic E-state index is 0.0231. The molecule has 1 aromatic carbocycles. The molecule has 1 aromatic rings. The van der Waals surface area contributed by atoms with Crippen LogP contribution in [0.5, 0.6) is 17.2 Å². The Morgan fingerprint density at radius 3 is 1.72 bits per heavy atom. The Kier molecular flexibility index (Phi) is 25.0. The fourth-order valence-electron chi connectivity index (χ4n) is 20.5. The zero-order chi connectivity index (χ0) is 80.9. The van der Waals surface area contributed by atoms with E-state index in [-0.39, 0.29) is 49.4 Å². The molecule has 6 saturated heterocycles. The van der Waals surface area contributed by atoms with Crippen LogP contribution in [0.1, 0.15) is 112 Å². The normalized spacial score (nSPS) is 48.3. The molecule has 0 bridgehead atoms. The van der Waals surface area contributed by atoms with E-state index in [1.54, 1.807) is 12.1 Å². The van der Waals surface area contributed by atoms with Crippen molar-refractivity contribution in [2.45, 2.75) is 271 Å². The average Bonchev–Trinajstić information content (AvgIpc) is 1.00. The molecule has 10 fully saturated rings. The van der Waals surface area contributed by atoms with Gasteiger partial charge in [0.05, 0.1) is 96.7 Å². The summed E-state index contributed by atoms with van der Waals surface area (Å²) in [6.07, 6.45) is -37.8. The van der Waals surface area contributed by atoms with Crippen molar-refractivity contribution in [1.82, 2.24) is 0 Å². The fraction of sp³-hybridized carbons (Fsp3) is 0.827. The molecule has 36 nitrogen and oxygen atoms in total. The summed E-state index contributed by atoms with van der Waals surface area (Å²) in [6, 6.07) is 3.11. The van der Waals surface area contributed by atoms with Crippen molar-refractivity contribution in [1.29, 1.82) is 0 Å². The molecule has 4 saturated carbocycles. The predicted molar refractivity (Wildman–Crippen MR) is 371 cm³/mol. The van der Waals surface area contributed by atoms with E-state index in [1.807, 2.05) is 13.0 Å². The lowest BCUT2D eigenvalue weighted by molar-refractivity contribution is -0.386. The summed E-state index contributed by atoms with van der Waals surface area (Å²) in [6.45, 7) is 7.38. The predicted octanol–water partition coefficient (Wildman–Crippen LogP) is -3.11. The molecule has 6 aliphatic heterocycles. The first-order chi connectivity index (χ1) is 52.3. The van der Waals surface area contributed by atoms with Gasteiger partial charge in [-0.15, -0.1) is 0 Å². The second-order valence-electron chi connectivity index (χ2n) is 33.8. The van der Waals surface area contributed by atoms with Gasteiger partial charge in [0.15, 0.2) is 55.2 Å². The molecule has 11 aliphatic rings. The van der Waals surface area contributed by atoms with Crippen molar-refractivity contribution < 1.29 is 177 Å². The molecule has 0 aromatic heterocycles. The van der Waals surface area contributed by atoms with Gasteiger partial charge in [-0.25, -0.2) is 4.79 Å². The van der Waals surface area contributed by atoms with Crippen molar-refractivity contribution >= 4 is 24.0 Å². The summed E-state index contributed by atoms with van der Waals surface area (Å²) in [5.74, 6) is -4.20. The lowest BCUT2D eigenvalue weighted by Crippen LogP contribution is -2.71. The van der Waals surface area contributed by atoms with Crippen LogP contribution >= 0.6 is 0 Å². The highest BCUT2D eigenvalue weighted by atomic mass is 16.8. The molecular formula is C75H112O36. The fourth-order valence-corrected chi connectivity index (χ4v) is 20.5. The number of allylic oxidation sites excluding steroid dienone is 1. The van der Waals surface area contributed by atoms with E-state index < -0.39 is 279 Å². The van der Waals surface area contributed by atoms with Crippen LogP contribution in [0, 0.1) is 50.2 Å². The number of fused-ring (bicyclic) bond motifs is 7. The number of carbonyl (C=O) groups is 3. The Morgan fingerprint density at radius 2 is 1.14 bits per heavy atom. The molecule has 17 N–H and O–H groups in total. The van der Waals surface area contributed by atoms with Gasteiger partial charge in [-0.05, 0) is 136 Å². The topological polar surface area (TPSA) is 543 Å². The Morgan fingerprint density at radius 1 is 0.559 bits per heavy atom. The van der Waals surface area contributed by atoms with Crippen LogP contribution in [0.4, 0.5) is 0 Å². The van der Waals surface area contributed by atoms with E-state index in [9.17, 15) is 96.4 Å². The van der Waals surface area contributed by atoms with E-state index in [0.29, 0.717) is 31.2 Å². The maximum atomic E-state index is 16.2. The molecule has 35 atom stereocenters. The van der Waals surface area contributed by atoms with E-state index in [4.69, 9.17) is 75.8 Å². The number of carbonyl (C=O) groups excluding carboxylic acids is 2. The maximum absolute atomic E-state index is 16.2. The number of aliphatic hydroxyl groups is 16. The SMILES string of the molecule is COc1cc(C=CC(=O)OC2C(C)OC(OC(=O)C34CCC(C)(C)CC3C3=CCC5C6(C)CC(O)C(OC7OC(CO)C(O)C(O)C7O)C(C)(C(=O)O)C6CCC5(C)C3(CO)CC4)C(OC3OC(C)C(OC4OCC(O)C(OC5OCC(O)(CO)C5O)C4O)C(OC4OCC(O)(CO)C4O)C3O)C2O)cc(OC)c1OC. The molecule has 12 rings (SSSR count). The van der Waals surface area contributed by atoms with Crippen LogP contribution in [-0.4, -0.2) is 337 Å². The van der Waals surface area contributed by atoms with E-state index in [2.05, 4.69) is 20.8 Å². The molecule has 6 heterocycles. The number of hydrogen-bond acceptors (Lipinski definition) is 35. The van der Waals surface area contributed by atoms with Gasteiger partial charge in [0.25, 0.3) is 0 Å². The molecule has 5 aliphatic carbocycles. The Labute approximate surface area is 640 Å². The molecule has 0 amide bonds. The van der Waals surface area contributed by atoms with Gasteiger partial charge in [-0.2, -0.15) is 0 Å². The zero-order valence-corrected chi connectivity index (χ0v) is 63.7. The number of methoxy groups -OCH3 is 3. The zero-order valence-electron chi connectivity index (χ0n) is 63.7. The van der Waals surface area contributed by atoms with Crippen LogP contribution in [0.25, 0.3) is 6.08 Å². The second kappa shape index (κ2) is 32.4. The first-order valence-corrected chi connectivity index (χ1v) is 37.9. The number of ether oxygens (including phenoxy) is 16. The lowest BCUT2D eigenvalue weighted by atomic mass is 9.33. The molecular weight excluding hydrogens is 1480 g/mol. The number of benzene rings is 1. The number of carboxylic acids is 1. The van der Waals surface area contributed by atoms with Gasteiger partial charge in [-0.3, -0.25) is 9.59 Å². The van der Waals surface area contributed by atoms with Crippen molar-refractivity contribution in [3.05, 3.63) is 35.4 Å². The third kappa shape index (κ3) is 14.8. The molecule has 628 valence electrons. The van der Waals surface area contributed by atoms with Crippen LogP contribution in [0.2, 0.25) is 0 Å². The van der Waals surface area contributed by atoms with Crippen LogP contribution in [0.15, 0.2) is 29.9 Å². The first-order valence-electron chi connectivity index (χ1n) is 37.9. The Bertz CT molecular complexity index is 3500. The highest BCUT2D eigenvalue weighted by Crippen LogP contribution is 2.76. The average molecular weight is 1590 g/mol. The highest BCUT2D eigenvalue weighted by molar-refractivity contribution is 5.87. The van der Waals surface area contributed by atoms with E-state index in [1.165, 1.54) is 48.2 Å². The minimum Gasteiger partial charge on any atom is -0.493 e. The van der Waals surface area contributed by atoms with Gasteiger partial charge in [0.1, 0.15) is 96.7 Å². The van der Waals surface area contributed by atoms with Crippen molar-refractivity contribution in [2.24, 2.45) is 50.2 Å². The minimum atomic E-state index is -2.31. The first kappa shape index (κ1) is 85.8. The number of hydrogen-bond donors (Lipinski definition) is 17. The van der Waals surface area contributed by atoms with Gasteiger partial charge >= 0.3 is 17.9 Å². The van der Waals surface area contributed by atoms with Crippen molar-refractivity contribution in [3.8, 4) is 17.2 Å². The highest BCUT2D eigenvalue weighted by Gasteiger charge is 2.74. The van der Waals surface area contributed by atoms with Crippen LogP contribution in [-0.2, 0) is 76.0 Å². The van der Waals surface area contributed by atoms with Crippen molar-refractivity contribution in [2.75, 3.05) is 67.6 Å². The largest absolute Gasteiger partial charge is 0.493 e. The Balaban J connectivity index is 0.857. The van der Waals surface area contributed by atoms with Gasteiger partial charge in [-0.1, -0.05) is 39.3 Å². The third-order valence-electron chi connectivity index (χ3n) is 27.0. The summed E-state index contributed by atoms with van der Waals surface area (Å²) in [4.78, 5) is 44.3. The van der Waals surface area contributed by atoms with Crippen LogP contribution < -0.4 is 14.2 Å². The smallest absolute Gasteiger partial charge is 0.331 e. The molecule has 35 unspecified atom stereocenters. The van der Waals surface area contributed by atoms with Gasteiger partial charge < -0.3 is 163 Å².